The molecule has 1 amide bonds. The lowest BCUT2D eigenvalue weighted by molar-refractivity contribution is -0.120. The molecule has 0 aromatic carbocycles. The monoisotopic (exact) mass is 358 g/mol. The van der Waals surface area contributed by atoms with E-state index in [2.05, 4.69) is 10.7 Å². The Morgan fingerprint density at radius 1 is 1.08 bits per heavy atom. The van der Waals surface area contributed by atoms with Crippen molar-refractivity contribution in [3.63, 3.8) is 0 Å². The molecule has 0 saturated heterocycles. The van der Waals surface area contributed by atoms with Crippen molar-refractivity contribution in [1.82, 2.24) is 4.98 Å². The van der Waals surface area contributed by atoms with Crippen LogP contribution in [-0.4, -0.2) is 10.9 Å². The maximum Gasteiger partial charge on any atom is 0.229 e. The van der Waals surface area contributed by atoms with Gasteiger partial charge in [0.05, 0.1) is 5.69 Å². The van der Waals surface area contributed by atoms with Crippen LogP contribution in [0.5, 0.6) is 0 Å². The van der Waals surface area contributed by atoms with Gasteiger partial charge in [-0.2, -0.15) is 0 Å². The summed E-state index contributed by atoms with van der Waals surface area (Å²) in [4.78, 5) is 17.3. The van der Waals surface area contributed by atoms with E-state index in [0.717, 1.165) is 42.1 Å². The second-order valence-electron chi connectivity index (χ2n) is 9.56. The SMILES string of the molecule is O=C(Nc1nc(CC23CC4CC(CC(C4)C2)C3)cs1)C1CCCCC1. The van der Waals surface area contributed by atoms with Crippen molar-refractivity contribution in [1.29, 1.82) is 0 Å². The highest BCUT2D eigenvalue weighted by molar-refractivity contribution is 7.13. The van der Waals surface area contributed by atoms with E-state index < -0.39 is 0 Å². The minimum atomic E-state index is 0.204. The summed E-state index contributed by atoms with van der Waals surface area (Å²) < 4.78 is 0. The van der Waals surface area contributed by atoms with Crippen molar-refractivity contribution in [2.24, 2.45) is 29.1 Å². The molecule has 0 aliphatic heterocycles. The summed E-state index contributed by atoms with van der Waals surface area (Å²) in [6.45, 7) is 0. The smallest absolute Gasteiger partial charge is 0.229 e. The minimum absolute atomic E-state index is 0.204. The Hall–Kier alpha value is -0.900. The van der Waals surface area contributed by atoms with E-state index in [1.54, 1.807) is 11.3 Å². The predicted molar refractivity (Wildman–Crippen MR) is 102 cm³/mol. The molecular weight excluding hydrogens is 328 g/mol. The zero-order valence-electron chi connectivity index (χ0n) is 15.1. The number of aromatic nitrogens is 1. The van der Waals surface area contributed by atoms with Gasteiger partial charge in [-0.3, -0.25) is 4.79 Å². The fourth-order valence-electron chi connectivity index (χ4n) is 6.91. The first kappa shape index (κ1) is 16.3. The Labute approximate surface area is 155 Å². The summed E-state index contributed by atoms with van der Waals surface area (Å²) in [6.07, 6.45) is 15.7. The number of anilines is 1. The molecule has 5 fully saturated rings. The normalized spacial score (nSPS) is 37.4. The first-order chi connectivity index (χ1) is 12.2. The molecular formula is C21H30N2OS. The number of amides is 1. The van der Waals surface area contributed by atoms with Gasteiger partial charge in [0.15, 0.2) is 5.13 Å². The van der Waals surface area contributed by atoms with E-state index in [-0.39, 0.29) is 11.8 Å². The molecule has 136 valence electrons. The van der Waals surface area contributed by atoms with Crippen molar-refractivity contribution >= 4 is 22.4 Å². The number of carbonyl (C=O) groups excluding carboxylic acids is 1. The van der Waals surface area contributed by atoms with E-state index >= 15 is 0 Å². The molecule has 6 rings (SSSR count). The van der Waals surface area contributed by atoms with Crippen LogP contribution in [0.25, 0.3) is 0 Å². The van der Waals surface area contributed by atoms with Crippen molar-refractivity contribution in [2.45, 2.75) is 77.0 Å². The van der Waals surface area contributed by atoms with Crippen molar-refractivity contribution in [2.75, 3.05) is 5.32 Å². The lowest BCUT2D eigenvalue weighted by atomic mass is 9.48. The average molecular weight is 359 g/mol. The fourth-order valence-corrected chi connectivity index (χ4v) is 7.62. The van der Waals surface area contributed by atoms with E-state index in [0.29, 0.717) is 5.41 Å². The Balaban J connectivity index is 1.23. The molecule has 0 spiro atoms. The highest BCUT2D eigenvalue weighted by Gasteiger charge is 2.50. The highest BCUT2D eigenvalue weighted by Crippen LogP contribution is 2.61. The fraction of sp³-hybridized carbons (Fsp3) is 0.810. The Kier molecular flexibility index (Phi) is 4.15. The Morgan fingerprint density at radius 2 is 1.72 bits per heavy atom. The summed E-state index contributed by atoms with van der Waals surface area (Å²) in [6, 6.07) is 0. The lowest BCUT2D eigenvalue weighted by Gasteiger charge is -2.56. The van der Waals surface area contributed by atoms with Gasteiger partial charge in [-0.15, -0.1) is 11.3 Å². The zero-order chi connectivity index (χ0) is 16.9. The van der Waals surface area contributed by atoms with Crippen LogP contribution < -0.4 is 5.32 Å². The molecule has 3 nitrogen and oxygen atoms in total. The molecule has 1 heterocycles. The molecule has 25 heavy (non-hydrogen) atoms. The molecule has 5 saturated carbocycles. The minimum Gasteiger partial charge on any atom is -0.302 e. The van der Waals surface area contributed by atoms with E-state index in [1.165, 1.54) is 63.5 Å². The van der Waals surface area contributed by atoms with Crippen LogP contribution in [0.3, 0.4) is 0 Å². The van der Waals surface area contributed by atoms with Crippen LogP contribution in [0.15, 0.2) is 5.38 Å². The van der Waals surface area contributed by atoms with Crippen LogP contribution in [-0.2, 0) is 11.2 Å². The van der Waals surface area contributed by atoms with E-state index in [4.69, 9.17) is 4.98 Å². The summed E-state index contributed by atoms with van der Waals surface area (Å²) in [5.74, 6) is 3.40. The highest BCUT2D eigenvalue weighted by atomic mass is 32.1. The van der Waals surface area contributed by atoms with Gasteiger partial charge < -0.3 is 5.32 Å². The molecule has 0 unspecified atom stereocenters. The molecule has 4 bridgehead atoms. The van der Waals surface area contributed by atoms with Crippen LogP contribution in [0.2, 0.25) is 0 Å². The third-order valence-electron chi connectivity index (χ3n) is 7.48. The van der Waals surface area contributed by atoms with Crippen molar-refractivity contribution in [3.8, 4) is 0 Å². The summed E-state index contributed by atoms with van der Waals surface area (Å²) in [5.41, 5.74) is 1.76. The van der Waals surface area contributed by atoms with Gasteiger partial charge in [0, 0.05) is 11.3 Å². The second kappa shape index (κ2) is 6.37. The summed E-state index contributed by atoms with van der Waals surface area (Å²) in [7, 11) is 0. The number of nitrogens with one attached hydrogen (secondary N) is 1. The first-order valence-electron chi connectivity index (χ1n) is 10.4. The van der Waals surface area contributed by atoms with Gasteiger partial charge >= 0.3 is 0 Å². The van der Waals surface area contributed by atoms with Gasteiger partial charge in [0.1, 0.15) is 0 Å². The third kappa shape index (κ3) is 3.27. The van der Waals surface area contributed by atoms with Gasteiger partial charge in [-0.1, -0.05) is 19.3 Å². The summed E-state index contributed by atoms with van der Waals surface area (Å²) >= 11 is 1.63. The molecule has 1 N–H and O–H groups in total. The Bertz CT molecular complexity index is 611. The molecule has 1 aromatic heterocycles. The number of hydrogen-bond acceptors (Lipinski definition) is 3. The van der Waals surface area contributed by atoms with E-state index in [1.807, 2.05) is 0 Å². The zero-order valence-corrected chi connectivity index (χ0v) is 16.0. The van der Waals surface area contributed by atoms with Gasteiger partial charge in [-0.05, 0) is 81.0 Å². The third-order valence-corrected chi connectivity index (χ3v) is 8.29. The standard InChI is InChI=1S/C21H30N2OS/c24-19(17-4-2-1-3-5-17)23-20-22-18(13-25-20)12-21-9-14-6-15(10-21)8-16(7-14)11-21/h13-17H,1-12H2,(H,22,23,24). The number of rotatable bonds is 4. The van der Waals surface area contributed by atoms with Crippen molar-refractivity contribution in [3.05, 3.63) is 11.1 Å². The van der Waals surface area contributed by atoms with Crippen molar-refractivity contribution < 1.29 is 4.79 Å². The molecule has 0 atom stereocenters. The van der Waals surface area contributed by atoms with Crippen LogP contribution in [0.4, 0.5) is 5.13 Å². The number of hydrogen-bond donors (Lipinski definition) is 1. The Morgan fingerprint density at radius 3 is 2.36 bits per heavy atom. The molecule has 5 aliphatic carbocycles. The molecule has 4 heteroatoms. The van der Waals surface area contributed by atoms with Crippen LogP contribution >= 0.6 is 11.3 Å². The van der Waals surface area contributed by atoms with Crippen LogP contribution in [0.1, 0.15) is 76.3 Å². The molecule has 0 radical (unpaired) electrons. The number of thiazole rings is 1. The maximum atomic E-state index is 12.4. The number of nitrogens with zero attached hydrogens (tertiary/aromatic N) is 1. The quantitative estimate of drug-likeness (QED) is 0.781. The molecule has 1 aromatic rings. The predicted octanol–water partition coefficient (Wildman–Crippen LogP) is 5.42. The average Bonchev–Trinajstić information content (AvgIpc) is 3.00. The van der Waals surface area contributed by atoms with Gasteiger partial charge in [0.2, 0.25) is 5.91 Å². The summed E-state index contributed by atoms with van der Waals surface area (Å²) in [5, 5.41) is 6.14. The lowest BCUT2D eigenvalue weighted by Crippen LogP contribution is -2.47. The number of carbonyl (C=O) groups is 1. The first-order valence-corrected chi connectivity index (χ1v) is 11.3. The molecule has 5 aliphatic rings. The van der Waals surface area contributed by atoms with E-state index in [9.17, 15) is 4.79 Å². The van der Waals surface area contributed by atoms with Gasteiger partial charge in [-0.25, -0.2) is 4.98 Å². The van der Waals surface area contributed by atoms with Crippen LogP contribution in [0, 0.1) is 29.1 Å². The largest absolute Gasteiger partial charge is 0.302 e. The topological polar surface area (TPSA) is 42.0 Å². The maximum absolute atomic E-state index is 12.4. The second-order valence-corrected chi connectivity index (χ2v) is 10.4. The van der Waals surface area contributed by atoms with Gasteiger partial charge in [0.25, 0.3) is 0 Å².